The second-order valence-electron chi connectivity index (χ2n) is 4.79. The molecule has 3 rings (SSSR count). The third-order valence-corrected chi connectivity index (χ3v) is 3.92. The van der Waals surface area contributed by atoms with Crippen LogP contribution in [0.1, 0.15) is 59.5 Å². The van der Waals surface area contributed by atoms with Crippen molar-refractivity contribution >= 4 is 5.97 Å². The number of H-pyrrole nitrogens is 1. The number of esters is 1. The number of pyridine rings is 1. The molecule has 0 spiro atoms. The summed E-state index contributed by atoms with van der Waals surface area (Å²) in [7, 11) is 0. The highest BCUT2D eigenvalue weighted by atomic mass is 16.5. The topological polar surface area (TPSA) is 59.2 Å². The molecule has 0 amide bonds. The Morgan fingerprint density at radius 2 is 2.12 bits per heavy atom. The van der Waals surface area contributed by atoms with Gasteiger partial charge < -0.3 is 9.72 Å². The van der Waals surface area contributed by atoms with Gasteiger partial charge in [0, 0.05) is 11.8 Å². The number of rotatable bonds is 2. The molecule has 0 radical (unpaired) electrons. The molecule has 0 aromatic carbocycles. The molecular formula is C13H15NO3. The fourth-order valence-electron chi connectivity index (χ4n) is 3.29. The van der Waals surface area contributed by atoms with Gasteiger partial charge in [0.05, 0.1) is 12.2 Å². The van der Waals surface area contributed by atoms with Crippen LogP contribution in [0, 0.1) is 0 Å². The van der Waals surface area contributed by atoms with Crippen molar-refractivity contribution in [3.05, 3.63) is 33.2 Å². The maximum Gasteiger partial charge on any atom is 0.339 e. The lowest BCUT2D eigenvalue weighted by Gasteiger charge is -2.16. The highest BCUT2D eigenvalue weighted by Crippen LogP contribution is 2.52. The zero-order valence-electron chi connectivity index (χ0n) is 9.79. The van der Waals surface area contributed by atoms with Crippen molar-refractivity contribution in [1.29, 1.82) is 0 Å². The van der Waals surface area contributed by atoms with Gasteiger partial charge in [-0.25, -0.2) is 4.79 Å². The number of fused-ring (bicyclic) bond motifs is 5. The van der Waals surface area contributed by atoms with Gasteiger partial charge in [-0.2, -0.15) is 0 Å². The highest BCUT2D eigenvalue weighted by molar-refractivity contribution is 5.91. The van der Waals surface area contributed by atoms with Crippen molar-refractivity contribution in [2.24, 2.45) is 0 Å². The van der Waals surface area contributed by atoms with Crippen LogP contribution in [-0.4, -0.2) is 17.6 Å². The van der Waals surface area contributed by atoms with Gasteiger partial charge in [-0.1, -0.05) is 0 Å². The molecule has 0 aliphatic heterocycles. The first-order valence-electron chi connectivity index (χ1n) is 6.15. The van der Waals surface area contributed by atoms with E-state index in [-0.39, 0.29) is 11.5 Å². The molecule has 1 aromatic heterocycles. The molecular weight excluding hydrogens is 218 g/mol. The van der Waals surface area contributed by atoms with Crippen molar-refractivity contribution in [3.8, 4) is 0 Å². The van der Waals surface area contributed by atoms with Crippen LogP contribution in [0.2, 0.25) is 0 Å². The molecule has 1 saturated carbocycles. The second-order valence-corrected chi connectivity index (χ2v) is 4.79. The van der Waals surface area contributed by atoms with Gasteiger partial charge in [0.1, 0.15) is 0 Å². The minimum atomic E-state index is -0.312. The number of ether oxygens (including phenoxy) is 1. The summed E-state index contributed by atoms with van der Waals surface area (Å²) in [5.74, 6) is 0.428. The largest absolute Gasteiger partial charge is 0.462 e. The van der Waals surface area contributed by atoms with E-state index in [1.165, 1.54) is 6.20 Å². The Balaban J connectivity index is 2.14. The average molecular weight is 233 g/mol. The minimum Gasteiger partial charge on any atom is -0.462 e. The van der Waals surface area contributed by atoms with Crippen molar-refractivity contribution in [2.45, 2.75) is 38.0 Å². The van der Waals surface area contributed by atoms with Gasteiger partial charge in [-0.3, -0.25) is 4.79 Å². The summed E-state index contributed by atoms with van der Waals surface area (Å²) in [6.45, 7) is 2.15. The third kappa shape index (κ3) is 1.43. The van der Waals surface area contributed by atoms with Crippen molar-refractivity contribution < 1.29 is 9.53 Å². The summed E-state index contributed by atoms with van der Waals surface area (Å²) in [6.07, 6.45) is 4.70. The van der Waals surface area contributed by atoms with Gasteiger partial charge in [-0.15, -0.1) is 0 Å². The molecule has 2 aliphatic rings. The number of hydrogen-bond acceptors (Lipinski definition) is 3. The number of hydrogen-bond donors (Lipinski definition) is 1. The van der Waals surface area contributed by atoms with Crippen LogP contribution in [0.5, 0.6) is 0 Å². The first kappa shape index (κ1) is 10.6. The number of carbonyl (C=O) groups is 1. The first-order chi connectivity index (χ1) is 8.22. The van der Waals surface area contributed by atoms with Gasteiger partial charge in [0.15, 0.2) is 0 Å². The number of aromatic amines is 1. The van der Waals surface area contributed by atoms with E-state index in [0.29, 0.717) is 24.0 Å². The van der Waals surface area contributed by atoms with E-state index in [2.05, 4.69) is 4.98 Å². The lowest BCUT2D eigenvalue weighted by Crippen LogP contribution is -2.21. The Labute approximate surface area is 99.0 Å². The van der Waals surface area contributed by atoms with Gasteiger partial charge in [0.25, 0.3) is 5.56 Å². The molecule has 1 aromatic rings. The van der Waals surface area contributed by atoms with E-state index in [0.717, 1.165) is 30.4 Å². The fourth-order valence-corrected chi connectivity index (χ4v) is 3.29. The summed E-state index contributed by atoms with van der Waals surface area (Å²) in [5, 5.41) is 0. The Hall–Kier alpha value is -1.58. The Bertz CT molecular complexity index is 532. The summed E-state index contributed by atoms with van der Waals surface area (Å²) in [4.78, 5) is 26.3. The molecule has 4 heteroatoms. The van der Waals surface area contributed by atoms with E-state index in [1.807, 2.05) is 0 Å². The number of nitrogens with one attached hydrogen (secondary N) is 1. The molecule has 2 unspecified atom stereocenters. The summed E-state index contributed by atoms with van der Waals surface area (Å²) in [6, 6.07) is 0. The summed E-state index contributed by atoms with van der Waals surface area (Å²) < 4.78 is 5.04. The van der Waals surface area contributed by atoms with Crippen LogP contribution in [0.3, 0.4) is 0 Å². The molecule has 2 atom stereocenters. The zero-order valence-corrected chi connectivity index (χ0v) is 9.79. The van der Waals surface area contributed by atoms with Crippen LogP contribution in [-0.2, 0) is 4.74 Å². The molecule has 1 fully saturated rings. The van der Waals surface area contributed by atoms with Gasteiger partial charge >= 0.3 is 5.97 Å². The SMILES string of the molecule is CCOC(=O)c1c[nH]c(=O)c2c1C1CCC2C1. The van der Waals surface area contributed by atoms with Gasteiger partial charge in [0.2, 0.25) is 0 Å². The minimum absolute atomic E-state index is 0.0275. The van der Waals surface area contributed by atoms with E-state index in [1.54, 1.807) is 6.92 Å². The van der Waals surface area contributed by atoms with E-state index < -0.39 is 0 Å². The molecule has 2 bridgehead atoms. The van der Waals surface area contributed by atoms with Crippen molar-refractivity contribution in [3.63, 3.8) is 0 Å². The van der Waals surface area contributed by atoms with Crippen LogP contribution >= 0.6 is 0 Å². The molecule has 0 saturated heterocycles. The molecule has 4 nitrogen and oxygen atoms in total. The monoisotopic (exact) mass is 233 g/mol. The first-order valence-corrected chi connectivity index (χ1v) is 6.15. The highest BCUT2D eigenvalue weighted by Gasteiger charge is 2.41. The summed E-state index contributed by atoms with van der Waals surface area (Å²) >= 11 is 0. The Morgan fingerprint density at radius 1 is 1.41 bits per heavy atom. The maximum atomic E-state index is 11.8. The quantitative estimate of drug-likeness (QED) is 0.794. The lowest BCUT2D eigenvalue weighted by molar-refractivity contribution is 0.0524. The predicted molar refractivity (Wildman–Crippen MR) is 62.4 cm³/mol. The molecule has 1 N–H and O–H groups in total. The average Bonchev–Trinajstić information content (AvgIpc) is 2.90. The maximum absolute atomic E-state index is 11.8. The predicted octanol–water partition coefficient (Wildman–Crippen LogP) is 1.92. The van der Waals surface area contributed by atoms with E-state index >= 15 is 0 Å². The van der Waals surface area contributed by atoms with Crippen LogP contribution < -0.4 is 5.56 Å². The smallest absolute Gasteiger partial charge is 0.339 e. The number of carbonyl (C=O) groups excluding carboxylic acids is 1. The van der Waals surface area contributed by atoms with Crippen LogP contribution in [0.25, 0.3) is 0 Å². The zero-order chi connectivity index (χ0) is 12.0. The molecule has 17 heavy (non-hydrogen) atoms. The Morgan fingerprint density at radius 3 is 2.82 bits per heavy atom. The third-order valence-electron chi connectivity index (χ3n) is 3.92. The normalized spacial score (nSPS) is 24.8. The van der Waals surface area contributed by atoms with E-state index in [4.69, 9.17) is 4.74 Å². The fraction of sp³-hybridized carbons (Fsp3) is 0.538. The standard InChI is InChI=1S/C13H15NO3/c1-2-17-13(16)9-6-14-12(15)11-8-4-3-7(5-8)10(9)11/h6-8H,2-5H2,1H3,(H,14,15). The molecule has 2 aliphatic carbocycles. The summed E-state index contributed by atoms with van der Waals surface area (Å²) in [5.41, 5.74) is 2.34. The lowest BCUT2D eigenvalue weighted by atomic mass is 9.90. The van der Waals surface area contributed by atoms with Crippen molar-refractivity contribution in [1.82, 2.24) is 4.98 Å². The molecule has 90 valence electrons. The van der Waals surface area contributed by atoms with Gasteiger partial charge in [-0.05, 0) is 43.6 Å². The van der Waals surface area contributed by atoms with Crippen LogP contribution in [0.4, 0.5) is 0 Å². The van der Waals surface area contributed by atoms with E-state index in [9.17, 15) is 9.59 Å². The van der Waals surface area contributed by atoms with Crippen molar-refractivity contribution in [2.75, 3.05) is 6.61 Å². The van der Waals surface area contributed by atoms with Crippen LogP contribution in [0.15, 0.2) is 11.0 Å². The number of aromatic nitrogens is 1. The molecule has 1 heterocycles. The Kier molecular flexibility index (Phi) is 2.31. The second kappa shape index (κ2) is 3.72.